The first-order valence-corrected chi connectivity index (χ1v) is 12.0. The van der Waals surface area contributed by atoms with E-state index >= 15 is 0 Å². The Bertz CT molecular complexity index is 1260. The van der Waals surface area contributed by atoms with Gasteiger partial charge in [-0.05, 0) is 41.8 Å². The van der Waals surface area contributed by atoms with Crippen LogP contribution in [0.5, 0.6) is 11.5 Å². The predicted octanol–water partition coefficient (Wildman–Crippen LogP) is -0.653. The van der Waals surface area contributed by atoms with Gasteiger partial charge in [0.1, 0.15) is 23.6 Å². The summed E-state index contributed by atoms with van der Waals surface area (Å²) in [5, 5.41) is 35.7. The van der Waals surface area contributed by atoms with Crippen LogP contribution in [0.2, 0.25) is 0 Å². The number of aromatic hydroxyl groups is 2. The van der Waals surface area contributed by atoms with Gasteiger partial charge in [0.25, 0.3) is 0 Å². The number of carboxylic acid groups (broad SMARTS) is 1. The van der Waals surface area contributed by atoms with Gasteiger partial charge in [-0.25, -0.2) is 9.78 Å². The van der Waals surface area contributed by atoms with Gasteiger partial charge in [0, 0.05) is 24.7 Å². The maximum Gasteiger partial charge on any atom is 0.326 e. The first-order valence-electron chi connectivity index (χ1n) is 12.0. The average molecular weight is 539 g/mol. The zero-order valence-electron chi connectivity index (χ0n) is 20.8. The number of hydrogen-bond acceptors (Lipinski definition) is 8. The van der Waals surface area contributed by atoms with Crippen molar-refractivity contribution in [3.05, 3.63) is 77.9 Å². The zero-order valence-corrected chi connectivity index (χ0v) is 20.8. The standard InChI is InChI=1S/C26H30N6O7/c27-20(9-15-1-5-18(33)6-2-15)24(36)32-21(10-16-3-7-19(34)8-4-16)25(37)29-13-23(35)31-22(26(38)39)11-17-12-28-14-30-17/h1-8,12,14,20-22,33-34H,9-11,13,27H2,(H,28,30)(H,29,37)(H,31,35)(H,32,36)(H,38,39). The molecule has 2 aromatic carbocycles. The van der Waals surface area contributed by atoms with Crippen LogP contribution in [-0.2, 0) is 38.4 Å². The third-order valence-corrected chi connectivity index (χ3v) is 5.77. The van der Waals surface area contributed by atoms with E-state index in [1.165, 1.54) is 36.8 Å². The summed E-state index contributed by atoms with van der Waals surface area (Å²) in [6, 6.07) is 8.83. The van der Waals surface area contributed by atoms with Gasteiger partial charge >= 0.3 is 5.97 Å². The second-order valence-electron chi connectivity index (χ2n) is 8.87. The third-order valence-electron chi connectivity index (χ3n) is 5.77. The lowest BCUT2D eigenvalue weighted by Gasteiger charge is -2.21. The SMILES string of the molecule is NC(Cc1ccc(O)cc1)C(=O)NC(Cc1ccc(O)cc1)C(=O)NCC(=O)NC(Cc1cnc[nH]1)C(=O)O. The topological polar surface area (TPSA) is 220 Å². The van der Waals surface area contributed by atoms with Crippen LogP contribution in [0, 0.1) is 0 Å². The van der Waals surface area contributed by atoms with Gasteiger partial charge in [-0.3, -0.25) is 14.4 Å². The molecule has 0 radical (unpaired) electrons. The fourth-order valence-electron chi connectivity index (χ4n) is 3.69. The Morgan fingerprint density at radius 2 is 1.41 bits per heavy atom. The van der Waals surface area contributed by atoms with Crippen LogP contribution in [0.25, 0.3) is 0 Å². The Kier molecular flexibility index (Phi) is 9.98. The summed E-state index contributed by atoms with van der Waals surface area (Å²) in [6.45, 7) is -0.535. The van der Waals surface area contributed by atoms with Crippen molar-refractivity contribution in [2.45, 2.75) is 37.4 Å². The number of amides is 3. The molecule has 0 spiro atoms. The van der Waals surface area contributed by atoms with Crippen LogP contribution in [0.1, 0.15) is 16.8 Å². The van der Waals surface area contributed by atoms with E-state index in [4.69, 9.17) is 5.73 Å². The number of nitrogens with two attached hydrogens (primary N) is 1. The average Bonchev–Trinajstić information content (AvgIpc) is 3.42. The molecule has 1 heterocycles. The number of carboxylic acids is 1. The van der Waals surface area contributed by atoms with E-state index < -0.39 is 48.4 Å². The number of nitrogens with one attached hydrogen (secondary N) is 4. The molecule has 13 heteroatoms. The number of nitrogens with zero attached hydrogens (tertiary/aromatic N) is 1. The van der Waals surface area contributed by atoms with Crippen molar-refractivity contribution in [2.24, 2.45) is 5.73 Å². The number of hydrogen-bond donors (Lipinski definition) is 8. The van der Waals surface area contributed by atoms with E-state index in [2.05, 4.69) is 25.9 Å². The first-order chi connectivity index (χ1) is 18.6. The number of aromatic amines is 1. The Labute approximate surface area is 223 Å². The van der Waals surface area contributed by atoms with E-state index in [0.29, 0.717) is 16.8 Å². The molecule has 0 saturated heterocycles. The van der Waals surface area contributed by atoms with Gasteiger partial charge in [-0.1, -0.05) is 24.3 Å². The highest BCUT2D eigenvalue weighted by Gasteiger charge is 2.26. The summed E-state index contributed by atoms with van der Waals surface area (Å²) in [5.41, 5.74) is 7.87. The molecular formula is C26H30N6O7. The maximum atomic E-state index is 13.0. The number of H-pyrrole nitrogens is 1. The lowest BCUT2D eigenvalue weighted by Crippen LogP contribution is -2.54. The summed E-state index contributed by atoms with van der Waals surface area (Å²) in [7, 11) is 0. The lowest BCUT2D eigenvalue weighted by atomic mass is 10.0. The fourth-order valence-corrected chi connectivity index (χ4v) is 3.69. The molecule has 13 nitrogen and oxygen atoms in total. The van der Waals surface area contributed by atoms with Crippen molar-refractivity contribution in [1.82, 2.24) is 25.9 Å². The molecule has 0 bridgehead atoms. The van der Waals surface area contributed by atoms with Crippen LogP contribution in [-0.4, -0.2) is 73.6 Å². The molecule has 0 saturated carbocycles. The summed E-state index contributed by atoms with van der Waals surface area (Å²) >= 11 is 0. The predicted molar refractivity (Wildman–Crippen MR) is 138 cm³/mol. The molecule has 0 aliphatic rings. The highest BCUT2D eigenvalue weighted by molar-refractivity contribution is 5.92. The van der Waals surface area contributed by atoms with Gasteiger partial charge in [-0.2, -0.15) is 0 Å². The summed E-state index contributed by atoms with van der Waals surface area (Å²) in [4.78, 5) is 56.3. The van der Waals surface area contributed by atoms with Gasteiger partial charge in [0.15, 0.2) is 0 Å². The molecular weight excluding hydrogens is 508 g/mol. The molecule has 3 amide bonds. The van der Waals surface area contributed by atoms with Gasteiger partial charge < -0.3 is 42.0 Å². The van der Waals surface area contributed by atoms with Crippen molar-refractivity contribution >= 4 is 23.7 Å². The Hall–Kier alpha value is -4.91. The molecule has 0 aliphatic heterocycles. The first kappa shape index (κ1) is 28.7. The van der Waals surface area contributed by atoms with Crippen molar-refractivity contribution < 1.29 is 34.5 Å². The molecule has 206 valence electrons. The maximum absolute atomic E-state index is 13.0. The zero-order chi connectivity index (χ0) is 28.4. The summed E-state index contributed by atoms with van der Waals surface area (Å²) in [5.74, 6) is -3.21. The number of aromatic nitrogens is 2. The number of imidazole rings is 1. The minimum absolute atomic E-state index is 0.0273. The Balaban J connectivity index is 1.62. The molecule has 0 aliphatic carbocycles. The monoisotopic (exact) mass is 538 g/mol. The van der Waals surface area contributed by atoms with Crippen LogP contribution in [0.15, 0.2) is 61.1 Å². The van der Waals surface area contributed by atoms with Crippen LogP contribution in [0.4, 0.5) is 0 Å². The minimum Gasteiger partial charge on any atom is -0.508 e. The van der Waals surface area contributed by atoms with Crippen molar-refractivity contribution in [3.63, 3.8) is 0 Å². The number of benzene rings is 2. The van der Waals surface area contributed by atoms with Crippen LogP contribution in [0.3, 0.4) is 0 Å². The second-order valence-corrected chi connectivity index (χ2v) is 8.87. The quantitative estimate of drug-likeness (QED) is 0.138. The molecule has 9 N–H and O–H groups in total. The van der Waals surface area contributed by atoms with Crippen LogP contribution < -0.4 is 21.7 Å². The third kappa shape index (κ3) is 9.16. The molecule has 3 aromatic rings. The largest absolute Gasteiger partial charge is 0.508 e. The minimum atomic E-state index is -1.26. The molecule has 1 aromatic heterocycles. The highest BCUT2D eigenvalue weighted by Crippen LogP contribution is 2.13. The molecule has 39 heavy (non-hydrogen) atoms. The number of carbonyl (C=O) groups is 4. The number of carbonyl (C=O) groups excluding carboxylic acids is 3. The van der Waals surface area contributed by atoms with Gasteiger partial charge in [0.05, 0.1) is 18.9 Å². The second kappa shape index (κ2) is 13.6. The summed E-state index contributed by atoms with van der Waals surface area (Å²) < 4.78 is 0. The van der Waals surface area contributed by atoms with E-state index in [9.17, 15) is 34.5 Å². The Morgan fingerprint density at radius 1 is 0.821 bits per heavy atom. The fraction of sp³-hybridized carbons (Fsp3) is 0.269. The van der Waals surface area contributed by atoms with E-state index in [-0.39, 0.29) is 30.8 Å². The van der Waals surface area contributed by atoms with E-state index in [0.717, 1.165) is 0 Å². The number of phenolic OH excluding ortho intramolecular Hbond substituents is 2. The smallest absolute Gasteiger partial charge is 0.326 e. The van der Waals surface area contributed by atoms with Gasteiger partial charge in [0.2, 0.25) is 17.7 Å². The summed E-state index contributed by atoms with van der Waals surface area (Å²) in [6.07, 6.45) is 2.97. The van der Waals surface area contributed by atoms with Gasteiger partial charge in [-0.15, -0.1) is 0 Å². The number of rotatable bonds is 13. The van der Waals surface area contributed by atoms with Crippen molar-refractivity contribution in [2.75, 3.05) is 6.54 Å². The molecule has 3 unspecified atom stereocenters. The van der Waals surface area contributed by atoms with Crippen molar-refractivity contribution in [1.29, 1.82) is 0 Å². The molecule has 3 rings (SSSR count). The molecule has 0 fully saturated rings. The highest BCUT2D eigenvalue weighted by atomic mass is 16.4. The number of phenols is 2. The van der Waals surface area contributed by atoms with Crippen LogP contribution >= 0.6 is 0 Å². The molecule has 3 atom stereocenters. The normalized spacial score (nSPS) is 13.1. The lowest BCUT2D eigenvalue weighted by molar-refractivity contribution is -0.141. The van der Waals surface area contributed by atoms with E-state index in [1.807, 2.05) is 0 Å². The Morgan fingerprint density at radius 3 is 1.95 bits per heavy atom. The van der Waals surface area contributed by atoms with E-state index in [1.54, 1.807) is 24.3 Å². The van der Waals surface area contributed by atoms with Crippen molar-refractivity contribution in [3.8, 4) is 11.5 Å². The number of aliphatic carboxylic acids is 1.